The number of benzene rings is 2. The molecule has 0 radical (unpaired) electrons. The summed E-state index contributed by atoms with van der Waals surface area (Å²) in [6, 6.07) is 14.2. The standard InChI is InChI=1S/C28H36Cl2N2O4S/c1-6-22(17-31-37(36)27(2,3)4)32-25(18-10-12-20(29)13-11-18)23(19-8-7-9-21(30)14-19)15-28(5,26(32)35)16-24(33)34/h7-14,22-23,25,31H,6,15-17H2,1-5H3,(H,33,34)/t22-,23+,25+,28+,37?/m0/s1. The van der Waals surface area contributed by atoms with E-state index in [9.17, 15) is 18.9 Å². The van der Waals surface area contributed by atoms with Gasteiger partial charge in [-0.05, 0) is 69.0 Å². The molecule has 1 unspecified atom stereocenters. The second-order valence-electron chi connectivity index (χ2n) is 11.0. The molecule has 0 saturated carbocycles. The Kier molecular flexibility index (Phi) is 9.49. The average molecular weight is 568 g/mol. The molecule has 6 nitrogen and oxygen atoms in total. The highest BCUT2D eigenvalue weighted by Gasteiger charge is 2.52. The van der Waals surface area contributed by atoms with Crippen LogP contribution in [-0.4, -0.2) is 43.4 Å². The van der Waals surface area contributed by atoms with Crippen LogP contribution in [0.5, 0.6) is 0 Å². The number of rotatable bonds is 9. The lowest BCUT2D eigenvalue weighted by molar-refractivity contribution is -0.160. The predicted octanol–water partition coefficient (Wildman–Crippen LogP) is 6.36. The summed E-state index contributed by atoms with van der Waals surface area (Å²) in [4.78, 5) is 28.0. The van der Waals surface area contributed by atoms with E-state index in [2.05, 4.69) is 4.72 Å². The minimum atomic E-state index is -1.33. The van der Waals surface area contributed by atoms with Crippen molar-refractivity contribution in [2.24, 2.45) is 5.41 Å². The van der Waals surface area contributed by atoms with Crippen molar-refractivity contribution in [2.45, 2.75) is 76.6 Å². The van der Waals surface area contributed by atoms with Crippen molar-refractivity contribution in [3.63, 3.8) is 0 Å². The zero-order chi connectivity index (χ0) is 27.5. The number of halogens is 2. The van der Waals surface area contributed by atoms with E-state index in [1.807, 2.05) is 62.9 Å². The molecule has 0 aliphatic carbocycles. The lowest BCUT2D eigenvalue weighted by Crippen LogP contribution is -2.58. The number of amides is 1. The van der Waals surface area contributed by atoms with Crippen LogP contribution in [0.2, 0.25) is 10.0 Å². The van der Waals surface area contributed by atoms with Crippen molar-refractivity contribution in [1.29, 1.82) is 0 Å². The summed E-state index contributed by atoms with van der Waals surface area (Å²) < 4.78 is 15.5. The second-order valence-corrected chi connectivity index (χ2v) is 13.9. The van der Waals surface area contributed by atoms with Gasteiger partial charge in [-0.25, -0.2) is 8.93 Å². The Morgan fingerprint density at radius 3 is 2.35 bits per heavy atom. The molecule has 37 heavy (non-hydrogen) atoms. The highest BCUT2D eigenvalue weighted by Crippen LogP contribution is 2.52. The molecule has 202 valence electrons. The summed E-state index contributed by atoms with van der Waals surface area (Å²) in [7, 11) is -1.33. The number of hydrogen-bond donors (Lipinski definition) is 2. The topological polar surface area (TPSA) is 86.7 Å². The predicted molar refractivity (Wildman–Crippen MR) is 150 cm³/mol. The van der Waals surface area contributed by atoms with Crippen LogP contribution < -0.4 is 4.72 Å². The van der Waals surface area contributed by atoms with Gasteiger partial charge >= 0.3 is 5.97 Å². The zero-order valence-corrected chi connectivity index (χ0v) is 24.3. The van der Waals surface area contributed by atoms with Gasteiger partial charge in [-0.2, -0.15) is 0 Å². The molecular weight excluding hydrogens is 531 g/mol. The first kappa shape index (κ1) is 29.6. The number of carboxylic acids is 1. The molecule has 0 bridgehead atoms. The Morgan fingerprint density at radius 1 is 1.16 bits per heavy atom. The molecule has 2 aromatic rings. The average Bonchev–Trinajstić information content (AvgIpc) is 2.81. The summed E-state index contributed by atoms with van der Waals surface area (Å²) in [5.41, 5.74) is 0.705. The van der Waals surface area contributed by atoms with Gasteiger partial charge in [0, 0.05) is 28.5 Å². The quantitative estimate of drug-likeness (QED) is 0.369. The minimum Gasteiger partial charge on any atom is -0.481 e. The molecule has 0 spiro atoms. The van der Waals surface area contributed by atoms with Crippen molar-refractivity contribution in [1.82, 2.24) is 9.62 Å². The lowest BCUT2D eigenvalue weighted by atomic mass is 9.67. The minimum absolute atomic E-state index is 0.218. The van der Waals surface area contributed by atoms with Crippen molar-refractivity contribution < 1.29 is 18.9 Å². The van der Waals surface area contributed by atoms with E-state index in [0.717, 1.165) is 11.1 Å². The smallest absolute Gasteiger partial charge is 0.304 e. The summed E-state index contributed by atoms with van der Waals surface area (Å²) in [5, 5.41) is 10.9. The van der Waals surface area contributed by atoms with Crippen LogP contribution in [0, 0.1) is 5.41 Å². The Morgan fingerprint density at radius 2 is 1.81 bits per heavy atom. The number of carbonyl (C=O) groups excluding carboxylic acids is 1. The number of hydrogen-bond acceptors (Lipinski definition) is 3. The number of carboxylic acid groups (broad SMARTS) is 1. The first-order valence-electron chi connectivity index (χ1n) is 12.5. The Balaban J connectivity index is 2.17. The number of aliphatic carboxylic acids is 1. The van der Waals surface area contributed by atoms with Crippen molar-refractivity contribution >= 4 is 46.1 Å². The first-order valence-corrected chi connectivity index (χ1v) is 14.4. The highest BCUT2D eigenvalue weighted by molar-refractivity contribution is 7.84. The van der Waals surface area contributed by atoms with Gasteiger partial charge in [0.05, 0.1) is 33.6 Å². The van der Waals surface area contributed by atoms with E-state index in [4.69, 9.17) is 23.2 Å². The third kappa shape index (κ3) is 6.94. The maximum Gasteiger partial charge on any atom is 0.304 e. The number of piperidine rings is 1. The molecule has 9 heteroatoms. The van der Waals surface area contributed by atoms with Crippen molar-refractivity contribution in [3.8, 4) is 0 Å². The number of nitrogens with zero attached hydrogens (tertiary/aromatic N) is 1. The van der Waals surface area contributed by atoms with Gasteiger partial charge in [0.1, 0.15) is 0 Å². The van der Waals surface area contributed by atoms with E-state index in [-0.39, 0.29) is 30.3 Å². The monoisotopic (exact) mass is 566 g/mol. The normalized spacial score (nSPS) is 24.1. The van der Waals surface area contributed by atoms with E-state index in [0.29, 0.717) is 29.4 Å². The van der Waals surface area contributed by atoms with Gasteiger partial charge in [0.2, 0.25) is 5.91 Å². The van der Waals surface area contributed by atoms with Crippen LogP contribution >= 0.6 is 23.2 Å². The lowest BCUT2D eigenvalue weighted by Gasteiger charge is -2.52. The number of carbonyl (C=O) groups is 2. The van der Waals surface area contributed by atoms with Gasteiger partial charge in [-0.1, -0.05) is 61.3 Å². The molecule has 0 aromatic heterocycles. The Bertz CT molecular complexity index is 1150. The molecule has 2 aromatic carbocycles. The molecule has 3 rings (SSSR count). The third-order valence-corrected chi connectivity index (χ3v) is 9.03. The SMILES string of the molecule is CC[C@@H](CNS(=O)C(C)(C)C)N1C(=O)[C@@](C)(CC(=O)O)C[C@H](c2cccc(Cl)c2)[C@H]1c1ccc(Cl)cc1. The number of nitrogens with one attached hydrogen (secondary N) is 1. The van der Waals surface area contributed by atoms with Gasteiger partial charge in [-0.3, -0.25) is 9.59 Å². The van der Waals surface area contributed by atoms with Gasteiger partial charge in [0.25, 0.3) is 0 Å². The van der Waals surface area contributed by atoms with Crippen LogP contribution in [0.25, 0.3) is 0 Å². The van der Waals surface area contributed by atoms with Gasteiger partial charge < -0.3 is 10.0 Å². The fourth-order valence-electron chi connectivity index (χ4n) is 5.11. The zero-order valence-electron chi connectivity index (χ0n) is 22.0. The molecule has 1 amide bonds. The third-order valence-electron chi connectivity index (χ3n) is 7.00. The van der Waals surface area contributed by atoms with E-state index >= 15 is 0 Å². The summed E-state index contributed by atoms with van der Waals surface area (Å²) in [5.74, 6) is -1.46. The largest absolute Gasteiger partial charge is 0.481 e. The summed E-state index contributed by atoms with van der Waals surface area (Å²) in [6.45, 7) is 9.69. The molecule has 1 aliphatic heterocycles. The summed E-state index contributed by atoms with van der Waals surface area (Å²) in [6.07, 6.45) is 0.653. The van der Waals surface area contributed by atoms with Crippen LogP contribution in [0.4, 0.5) is 0 Å². The molecule has 1 aliphatic rings. The van der Waals surface area contributed by atoms with Gasteiger partial charge in [0.15, 0.2) is 0 Å². The van der Waals surface area contributed by atoms with Crippen molar-refractivity contribution in [3.05, 3.63) is 69.7 Å². The van der Waals surface area contributed by atoms with Crippen molar-refractivity contribution in [2.75, 3.05) is 6.54 Å². The Labute approximate surface area is 232 Å². The van der Waals surface area contributed by atoms with E-state index < -0.39 is 27.1 Å². The van der Waals surface area contributed by atoms with Crippen LogP contribution in [0.3, 0.4) is 0 Å². The molecule has 5 atom stereocenters. The Hall–Kier alpha value is -1.93. The van der Waals surface area contributed by atoms with Crippen LogP contribution in [-0.2, 0) is 20.6 Å². The maximum absolute atomic E-state index is 14.2. The van der Waals surface area contributed by atoms with E-state index in [1.165, 1.54) is 0 Å². The van der Waals surface area contributed by atoms with E-state index in [1.54, 1.807) is 25.1 Å². The summed E-state index contributed by atoms with van der Waals surface area (Å²) >= 11 is 12.6. The highest BCUT2D eigenvalue weighted by atomic mass is 35.5. The molecule has 2 N–H and O–H groups in total. The fourth-order valence-corrected chi connectivity index (χ4v) is 6.21. The molecular formula is C28H36Cl2N2O4S. The fraction of sp³-hybridized carbons (Fsp3) is 0.500. The van der Waals surface area contributed by atoms with Crippen LogP contribution in [0.1, 0.15) is 77.0 Å². The van der Waals surface area contributed by atoms with Gasteiger partial charge in [-0.15, -0.1) is 0 Å². The molecule has 1 fully saturated rings. The van der Waals surface area contributed by atoms with Crippen LogP contribution in [0.15, 0.2) is 48.5 Å². The maximum atomic E-state index is 14.2. The second kappa shape index (κ2) is 11.9. The first-order chi connectivity index (χ1) is 17.3. The molecule has 1 heterocycles. The number of likely N-dealkylation sites (tertiary alicyclic amines) is 1. The molecule has 1 saturated heterocycles.